The van der Waals surface area contributed by atoms with Crippen molar-refractivity contribution in [2.45, 2.75) is 0 Å². The molecular weight excluding hydrogens is 292 g/mol. The van der Waals surface area contributed by atoms with Crippen LogP contribution in [0.25, 0.3) is 11.1 Å². The molecule has 0 fully saturated rings. The number of carbonyl (C=O) groups is 1. The lowest BCUT2D eigenvalue weighted by Crippen LogP contribution is -2.08. The van der Waals surface area contributed by atoms with Gasteiger partial charge in [-0.3, -0.25) is 0 Å². The Morgan fingerprint density at radius 2 is 1.43 bits per heavy atom. The lowest BCUT2D eigenvalue weighted by atomic mass is 10.1. The molecule has 0 atom stereocenters. The van der Waals surface area contributed by atoms with Gasteiger partial charge in [-0.2, -0.15) is 0 Å². The van der Waals surface area contributed by atoms with E-state index in [1.165, 1.54) is 6.33 Å². The van der Waals surface area contributed by atoms with E-state index in [4.69, 9.17) is 9.47 Å². The van der Waals surface area contributed by atoms with Gasteiger partial charge >= 0.3 is 5.97 Å². The van der Waals surface area contributed by atoms with Gasteiger partial charge in [0.15, 0.2) is 0 Å². The van der Waals surface area contributed by atoms with Gasteiger partial charge in [0, 0.05) is 18.0 Å². The largest absolute Gasteiger partial charge is 0.497 e. The Labute approximate surface area is 133 Å². The van der Waals surface area contributed by atoms with Crippen molar-refractivity contribution < 1.29 is 14.3 Å². The first-order valence-corrected chi connectivity index (χ1v) is 6.98. The van der Waals surface area contributed by atoms with Crippen molar-refractivity contribution in [3.8, 4) is 22.6 Å². The molecule has 2 aromatic carbocycles. The zero-order chi connectivity index (χ0) is 16.1. The fourth-order valence-corrected chi connectivity index (χ4v) is 2.06. The molecule has 5 heteroatoms. The number of hydrogen-bond donors (Lipinski definition) is 0. The summed E-state index contributed by atoms with van der Waals surface area (Å²) in [6.07, 6.45) is 4.92. The van der Waals surface area contributed by atoms with Gasteiger partial charge in [-0.1, -0.05) is 12.1 Å². The number of methoxy groups -OCH3 is 1. The first-order chi connectivity index (χ1) is 11.3. The van der Waals surface area contributed by atoms with Crippen molar-refractivity contribution in [3.63, 3.8) is 0 Å². The molecule has 5 nitrogen and oxygen atoms in total. The zero-order valence-electron chi connectivity index (χ0n) is 12.5. The minimum Gasteiger partial charge on any atom is -0.497 e. The van der Waals surface area contributed by atoms with Crippen LogP contribution in [0, 0.1) is 0 Å². The average Bonchev–Trinajstić information content (AvgIpc) is 2.63. The number of carbonyl (C=O) groups excluding carboxylic acids is 1. The molecule has 3 aromatic rings. The maximum Gasteiger partial charge on any atom is 0.343 e. The van der Waals surface area contributed by atoms with E-state index in [1.807, 2.05) is 12.1 Å². The molecule has 0 radical (unpaired) electrons. The van der Waals surface area contributed by atoms with Crippen LogP contribution >= 0.6 is 0 Å². The Balaban J connectivity index is 1.72. The highest BCUT2D eigenvalue weighted by Crippen LogP contribution is 2.20. The summed E-state index contributed by atoms with van der Waals surface area (Å²) in [5, 5.41) is 0. The third-order valence-electron chi connectivity index (χ3n) is 3.28. The van der Waals surface area contributed by atoms with Crippen LogP contribution in [0.15, 0.2) is 67.3 Å². The Hall–Kier alpha value is -3.21. The molecule has 0 saturated heterocycles. The van der Waals surface area contributed by atoms with E-state index < -0.39 is 5.97 Å². The Kier molecular flexibility index (Phi) is 4.29. The van der Waals surface area contributed by atoms with E-state index in [0.717, 1.165) is 11.1 Å². The van der Waals surface area contributed by atoms with Crippen LogP contribution in [0.5, 0.6) is 11.5 Å². The molecule has 0 aliphatic carbocycles. The van der Waals surface area contributed by atoms with Gasteiger partial charge in [-0.15, -0.1) is 0 Å². The van der Waals surface area contributed by atoms with Gasteiger partial charge in [0.2, 0.25) is 0 Å². The third kappa shape index (κ3) is 3.52. The van der Waals surface area contributed by atoms with Gasteiger partial charge in [-0.05, 0) is 42.0 Å². The summed E-state index contributed by atoms with van der Waals surface area (Å²) in [4.78, 5) is 20.1. The quantitative estimate of drug-likeness (QED) is 0.546. The molecule has 0 N–H and O–H groups in total. The number of ether oxygens (including phenoxy) is 2. The molecule has 3 rings (SSSR count). The average molecular weight is 306 g/mol. The molecule has 23 heavy (non-hydrogen) atoms. The summed E-state index contributed by atoms with van der Waals surface area (Å²) < 4.78 is 10.4. The van der Waals surface area contributed by atoms with Crippen LogP contribution in [0.4, 0.5) is 0 Å². The lowest BCUT2D eigenvalue weighted by Gasteiger charge is -2.06. The first-order valence-electron chi connectivity index (χ1n) is 6.98. The number of esters is 1. The molecule has 0 aliphatic heterocycles. The summed E-state index contributed by atoms with van der Waals surface area (Å²) >= 11 is 0. The van der Waals surface area contributed by atoms with Crippen LogP contribution in [0.3, 0.4) is 0 Å². The second-order valence-corrected chi connectivity index (χ2v) is 4.77. The van der Waals surface area contributed by atoms with Crippen LogP contribution in [0.1, 0.15) is 10.4 Å². The molecule has 114 valence electrons. The van der Waals surface area contributed by atoms with Gasteiger partial charge in [0.05, 0.1) is 12.7 Å². The highest BCUT2D eigenvalue weighted by molar-refractivity contribution is 5.91. The normalized spacial score (nSPS) is 10.1. The maximum atomic E-state index is 12.1. The summed E-state index contributed by atoms with van der Waals surface area (Å²) in [7, 11) is 1.58. The number of nitrogens with zero attached hydrogens (tertiary/aromatic N) is 2. The van der Waals surface area contributed by atoms with Crippen molar-refractivity contribution >= 4 is 5.97 Å². The van der Waals surface area contributed by atoms with Crippen LogP contribution < -0.4 is 9.47 Å². The van der Waals surface area contributed by atoms with Crippen molar-refractivity contribution in [1.82, 2.24) is 9.97 Å². The van der Waals surface area contributed by atoms with Crippen molar-refractivity contribution in [2.75, 3.05) is 7.11 Å². The highest BCUT2D eigenvalue weighted by atomic mass is 16.5. The monoisotopic (exact) mass is 306 g/mol. The lowest BCUT2D eigenvalue weighted by molar-refractivity contribution is 0.0734. The Morgan fingerprint density at radius 1 is 0.826 bits per heavy atom. The predicted octanol–water partition coefficient (Wildman–Crippen LogP) is 3.37. The SMILES string of the molecule is COc1ccc(OC(=O)c2ccc(-c3cncnc3)cc2)cc1. The number of aromatic nitrogens is 2. The predicted molar refractivity (Wildman–Crippen MR) is 85.4 cm³/mol. The zero-order valence-corrected chi connectivity index (χ0v) is 12.5. The van der Waals surface area contributed by atoms with Crippen LogP contribution in [-0.4, -0.2) is 23.0 Å². The minimum absolute atomic E-state index is 0.411. The molecule has 0 saturated carbocycles. The first kappa shape index (κ1) is 14.7. The molecule has 0 unspecified atom stereocenters. The van der Waals surface area contributed by atoms with Crippen molar-refractivity contribution in [1.29, 1.82) is 0 Å². The topological polar surface area (TPSA) is 61.3 Å². The van der Waals surface area contributed by atoms with E-state index in [1.54, 1.807) is 55.9 Å². The standard InChI is InChI=1S/C18H14N2O3/c1-22-16-6-8-17(9-7-16)23-18(21)14-4-2-13(3-5-14)15-10-19-12-20-11-15/h2-12H,1H3. The summed E-state index contributed by atoms with van der Waals surface area (Å²) in [6.45, 7) is 0. The minimum atomic E-state index is -0.411. The van der Waals surface area contributed by atoms with Crippen molar-refractivity contribution in [3.05, 3.63) is 72.8 Å². The van der Waals surface area contributed by atoms with E-state index in [-0.39, 0.29) is 0 Å². The third-order valence-corrected chi connectivity index (χ3v) is 3.28. The maximum absolute atomic E-state index is 12.1. The highest BCUT2D eigenvalue weighted by Gasteiger charge is 2.09. The van der Waals surface area contributed by atoms with E-state index >= 15 is 0 Å². The molecule has 0 spiro atoms. The van der Waals surface area contributed by atoms with Gasteiger partial charge < -0.3 is 9.47 Å². The molecule has 0 amide bonds. The summed E-state index contributed by atoms with van der Waals surface area (Å²) in [5.41, 5.74) is 2.30. The second-order valence-electron chi connectivity index (χ2n) is 4.77. The van der Waals surface area contributed by atoms with Gasteiger partial charge in [-0.25, -0.2) is 14.8 Å². The van der Waals surface area contributed by atoms with E-state index in [9.17, 15) is 4.79 Å². The molecule has 1 aromatic heterocycles. The fraction of sp³-hybridized carbons (Fsp3) is 0.0556. The van der Waals surface area contributed by atoms with Gasteiger partial charge in [0.25, 0.3) is 0 Å². The molecule has 0 bridgehead atoms. The number of rotatable bonds is 4. The Bertz CT molecular complexity index is 785. The van der Waals surface area contributed by atoms with Gasteiger partial charge in [0.1, 0.15) is 17.8 Å². The molecule has 0 aliphatic rings. The summed E-state index contributed by atoms with van der Waals surface area (Å²) in [5.74, 6) is 0.765. The smallest absolute Gasteiger partial charge is 0.343 e. The summed E-state index contributed by atoms with van der Waals surface area (Å²) in [6, 6.07) is 14.0. The van der Waals surface area contributed by atoms with Crippen molar-refractivity contribution in [2.24, 2.45) is 0 Å². The molecule has 1 heterocycles. The van der Waals surface area contributed by atoms with E-state index in [2.05, 4.69) is 9.97 Å². The van der Waals surface area contributed by atoms with E-state index in [0.29, 0.717) is 17.1 Å². The molecular formula is C18H14N2O3. The Morgan fingerprint density at radius 3 is 2.04 bits per heavy atom. The second kappa shape index (κ2) is 6.70. The number of hydrogen-bond acceptors (Lipinski definition) is 5. The van der Waals surface area contributed by atoms with Crippen LogP contribution in [0.2, 0.25) is 0 Å². The van der Waals surface area contributed by atoms with Crippen LogP contribution in [-0.2, 0) is 0 Å². The fourth-order valence-electron chi connectivity index (χ4n) is 2.06. The number of benzene rings is 2.